The molecule has 0 aromatic heterocycles. The van der Waals surface area contributed by atoms with E-state index in [1.54, 1.807) is 28.6 Å². The first-order valence-electron chi connectivity index (χ1n) is 11.6. The Kier molecular flexibility index (Phi) is 7.31. The van der Waals surface area contributed by atoms with E-state index in [9.17, 15) is 13.2 Å². The van der Waals surface area contributed by atoms with Crippen LogP contribution in [0.5, 0.6) is 0 Å². The third-order valence-corrected chi connectivity index (χ3v) is 9.04. The zero-order valence-corrected chi connectivity index (χ0v) is 19.1. The molecule has 172 valence electrons. The Hall–Kier alpha value is -1.48. The molecule has 1 N–H and O–H groups in total. The zero-order chi connectivity index (χ0) is 21.7. The van der Waals surface area contributed by atoms with Crippen molar-refractivity contribution in [2.24, 2.45) is 11.3 Å². The fourth-order valence-electron chi connectivity index (χ4n) is 5.43. The van der Waals surface area contributed by atoms with Crippen molar-refractivity contribution < 1.29 is 17.9 Å². The molecule has 1 aliphatic carbocycles. The van der Waals surface area contributed by atoms with Gasteiger partial charge in [0.2, 0.25) is 15.9 Å². The van der Waals surface area contributed by atoms with E-state index in [1.165, 1.54) is 6.42 Å². The van der Waals surface area contributed by atoms with Crippen molar-refractivity contribution in [1.82, 2.24) is 14.5 Å². The first kappa shape index (κ1) is 22.7. The van der Waals surface area contributed by atoms with Gasteiger partial charge in [0, 0.05) is 32.7 Å². The lowest BCUT2D eigenvalue weighted by Crippen LogP contribution is -2.43. The number of rotatable bonds is 7. The Morgan fingerprint density at radius 1 is 1.10 bits per heavy atom. The van der Waals surface area contributed by atoms with Gasteiger partial charge in [0.05, 0.1) is 24.0 Å². The minimum Gasteiger partial charge on any atom is -0.379 e. The molecule has 0 bridgehead atoms. The molecule has 1 unspecified atom stereocenters. The summed E-state index contributed by atoms with van der Waals surface area (Å²) in [7, 11) is -3.59. The highest BCUT2D eigenvalue weighted by atomic mass is 32.2. The predicted molar refractivity (Wildman–Crippen MR) is 119 cm³/mol. The standard InChI is InChI=1S/C23H35N3O4S/c27-22(24-12-7-13-25-14-16-30-17-15-25)21-18-26(19-23(21)10-5-2-6-11-23)31(28,29)20-8-3-1-4-9-20/h1,3-4,8-9,21H,2,5-7,10-19H2,(H,24,27). The molecule has 1 saturated carbocycles. The van der Waals surface area contributed by atoms with Crippen molar-refractivity contribution in [3.63, 3.8) is 0 Å². The van der Waals surface area contributed by atoms with Crippen LogP contribution in [-0.2, 0) is 19.6 Å². The largest absolute Gasteiger partial charge is 0.379 e. The highest BCUT2D eigenvalue weighted by Gasteiger charge is 2.53. The molecule has 1 amide bonds. The summed E-state index contributed by atoms with van der Waals surface area (Å²) in [5, 5.41) is 3.13. The maximum Gasteiger partial charge on any atom is 0.243 e. The van der Waals surface area contributed by atoms with Crippen LogP contribution in [0, 0.1) is 11.3 Å². The van der Waals surface area contributed by atoms with Gasteiger partial charge in [-0.3, -0.25) is 9.69 Å². The SMILES string of the molecule is O=C(NCCCN1CCOCC1)C1CN(S(=O)(=O)c2ccccc2)CC12CCCCC2. The predicted octanol–water partition coefficient (Wildman–Crippen LogP) is 2.10. The van der Waals surface area contributed by atoms with E-state index in [4.69, 9.17) is 4.74 Å². The summed E-state index contributed by atoms with van der Waals surface area (Å²) < 4.78 is 33.4. The van der Waals surface area contributed by atoms with E-state index in [1.807, 2.05) is 6.07 Å². The molecule has 1 atom stereocenters. The maximum atomic E-state index is 13.2. The number of benzene rings is 1. The average Bonchev–Trinajstić information content (AvgIpc) is 3.18. The second-order valence-corrected chi connectivity index (χ2v) is 11.1. The number of hydrogen-bond donors (Lipinski definition) is 1. The Morgan fingerprint density at radius 2 is 1.81 bits per heavy atom. The Labute approximate surface area is 186 Å². The van der Waals surface area contributed by atoms with Crippen LogP contribution in [0.3, 0.4) is 0 Å². The minimum atomic E-state index is -3.59. The number of morpholine rings is 1. The molecule has 1 spiro atoms. The van der Waals surface area contributed by atoms with Gasteiger partial charge < -0.3 is 10.1 Å². The molecule has 3 aliphatic rings. The van der Waals surface area contributed by atoms with Gasteiger partial charge in [-0.2, -0.15) is 4.31 Å². The van der Waals surface area contributed by atoms with E-state index >= 15 is 0 Å². The highest BCUT2D eigenvalue weighted by Crippen LogP contribution is 2.48. The molecule has 1 aromatic carbocycles. The van der Waals surface area contributed by atoms with Gasteiger partial charge in [-0.1, -0.05) is 37.5 Å². The summed E-state index contributed by atoms with van der Waals surface area (Å²) in [4.78, 5) is 15.9. The van der Waals surface area contributed by atoms with Crippen molar-refractivity contribution in [3.8, 4) is 0 Å². The number of carbonyl (C=O) groups is 1. The third-order valence-electron chi connectivity index (χ3n) is 7.22. The van der Waals surface area contributed by atoms with Crippen molar-refractivity contribution in [3.05, 3.63) is 30.3 Å². The van der Waals surface area contributed by atoms with Crippen LogP contribution >= 0.6 is 0 Å². The van der Waals surface area contributed by atoms with Gasteiger partial charge in [-0.05, 0) is 43.4 Å². The lowest BCUT2D eigenvalue weighted by Gasteiger charge is -2.37. The second-order valence-electron chi connectivity index (χ2n) is 9.18. The number of hydrogen-bond acceptors (Lipinski definition) is 5. The number of nitrogens with one attached hydrogen (secondary N) is 1. The molecular formula is C23H35N3O4S. The third kappa shape index (κ3) is 5.13. The normalized spacial score (nSPS) is 25.0. The van der Waals surface area contributed by atoms with E-state index < -0.39 is 10.0 Å². The van der Waals surface area contributed by atoms with Crippen molar-refractivity contribution in [2.75, 3.05) is 52.5 Å². The van der Waals surface area contributed by atoms with Crippen molar-refractivity contribution >= 4 is 15.9 Å². The Balaban J connectivity index is 1.40. The van der Waals surface area contributed by atoms with Gasteiger partial charge in [0.25, 0.3) is 0 Å². The topological polar surface area (TPSA) is 79.0 Å². The van der Waals surface area contributed by atoms with Crippen LogP contribution < -0.4 is 5.32 Å². The van der Waals surface area contributed by atoms with Crippen LogP contribution in [0.15, 0.2) is 35.2 Å². The first-order chi connectivity index (χ1) is 15.0. The van der Waals surface area contributed by atoms with Crippen LogP contribution in [0.1, 0.15) is 38.5 Å². The van der Waals surface area contributed by atoms with Gasteiger partial charge >= 0.3 is 0 Å². The van der Waals surface area contributed by atoms with E-state index in [0.29, 0.717) is 18.0 Å². The van der Waals surface area contributed by atoms with Crippen LogP contribution in [0.25, 0.3) is 0 Å². The monoisotopic (exact) mass is 449 g/mol. The Morgan fingerprint density at radius 3 is 2.52 bits per heavy atom. The molecule has 2 saturated heterocycles. The Bertz CT molecular complexity index is 834. The van der Waals surface area contributed by atoms with Crippen LogP contribution in [-0.4, -0.2) is 76.0 Å². The molecule has 2 heterocycles. The molecule has 2 aliphatic heterocycles. The number of ether oxygens (including phenoxy) is 1. The van der Waals surface area contributed by atoms with Gasteiger partial charge in [0.15, 0.2) is 0 Å². The molecule has 3 fully saturated rings. The van der Waals surface area contributed by atoms with Gasteiger partial charge in [-0.25, -0.2) is 8.42 Å². The van der Waals surface area contributed by atoms with Gasteiger partial charge in [-0.15, -0.1) is 0 Å². The summed E-state index contributed by atoms with van der Waals surface area (Å²) in [6.45, 7) is 5.79. The molecule has 0 radical (unpaired) electrons. The lowest BCUT2D eigenvalue weighted by molar-refractivity contribution is -0.128. The smallest absolute Gasteiger partial charge is 0.243 e. The summed E-state index contributed by atoms with van der Waals surface area (Å²) in [5.74, 6) is -0.246. The summed E-state index contributed by atoms with van der Waals surface area (Å²) in [6.07, 6.45) is 6.07. The van der Waals surface area contributed by atoms with E-state index in [-0.39, 0.29) is 23.8 Å². The number of amides is 1. The molecule has 1 aromatic rings. The highest BCUT2D eigenvalue weighted by molar-refractivity contribution is 7.89. The zero-order valence-electron chi connectivity index (χ0n) is 18.3. The van der Waals surface area contributed by atoms with Crippen LogP contribution in [0.2, 0.25) is 0 Å². The quantitative estimate of drug-likeness (QED) is 0.645. The summed E-state index contributed by atoms with van der Waals surface area (Å²) in [6, 6.07) is 8.60. The maximum absolute atomic E-state index is 13.2. The fourth-order valence-corrected chi connectivity index (χ4v) is 7.01. The van der Waals surface area contributed by atoms with Crippen molar-refractivity contribution in [2.45, 2.75) is 43.4 Å². The van der Waals surface area contributed by atoms with E-state index in [2.05, 4.69) is 10.2 Å². The van der Waals surface area contributed by atoms with Crippen molar-refractivity contribution in [1.29, 1.82) is 0 Å². The summed E-state index contributed by atoms with van der Waals surface area (Å²) >= 11 is 0. The fraction of sp³-hybridized carbons (Fsp3) is 0.696. The molecule has 31 heavy (non-hydrogen) atoms. The first-order valence-corrected chi connectivity index (χ1v) is 13.1. The average molecular weight is 450 g/mol. The number of nitrogens with zero attached hydrogens (tertiary/aromatic N) is 2. The molecule has 7 nitrogen and oxygen atoms in total. The lowest BCUT2D eigenvalue weighted by atomic mass is 9.67. The second kappa shape index (κ2) is 9.98. The molecule has 8 heteroatoms. The van der Waals surface area contributed by atoms with Crippen LogP contribution in [0.4, 0.5) is 0 Å². The minimum absolute atomic E-state index is 0.0228. The molecule has 4 rings (SSSR count). The molecular weight excluding hydrogens is 414 g/mol. The number of sulfonamides is 1. The van der Waals surface area contributed by atoms with Gasteiger partial charge in [0.1, 0.15) is 0 Å². The number of carbonyl (C=O) groups excluding carboxylic acids is 1. The summed E-state index contributed by atoms with van der Waals surface area (Å²) in [5.41, 5.74) is -0.228. The van der Waals surface area contributed by atoms with E-state index in [0.717, 1.165) is 65.0 Å².